The number of quaternary nitrogens is 1. The van der Waals surface area contributed by atoms with Gasteiger partial charge in [0, 0.05) is 30.7 Å². The van der Waals surface area contributed by atoms with Crippen LogP contribution in [0.3, 0.4) is 0 Å². The number of anilines is 1. The fourth-order valence-electron chi connectivity index (χ4n) is 7.97. The van der Waals surface area contributed by atoms with Gasteiger partial charge in [0.15, 0.2) is 0 Å². The van der Waals surface area contributed by atoms with Crippen LogP contribution in [0.15, 0.2) is 12.1 Å². The lowest BCUT2D eigenvalue weighted by Crippen LogP contribution is -2.81. The van der Waals surface area contributed by atoms with E-state index in [1.807, 2.05) is 12.1 Å². The van der Waals surface area contributed by atoms with E-state index in [4.69, 9.17) is 9.84 Å². The molecular weight excluding hydrogens is 452 g/mol. The molecule has 3 fully saturated rings. The van der Waals surface area contributed by atoms with Crippen molar-refractivity contribution in [2.24, 2.45) is 5.92 Å². The lowest BCUT2D eigenvalue weighted by Gasteiger charge is -2.65. The largest absolute Gasteiger partial charge is 0.484 e. The number of hydrogen-bond donors (Lipinski definition) is 5. The van der Waals surface area contributed by atoms with Crippen LogP contribution in [0.1, 0.15) is 56.1 Å². The fourth-order valence-corrected chi connectivity index (χ4v) is 7.97. The van der Waals surface area contributed by atoms with Gasteiger partial charge >= 0.3 is 11.9 Å². The molecule has 1 unspecified atom stereocenters. The maximum atomic E-state index is 12.5. The number of hydrogen-bond acceptors (Lipinski definition) is 6. The highest BCUT2D eigenvalue weighted by atomic mass is 16.5. The SMILES string of the molecule is C[N@+]1(CC2CC2)CC[C@]23c4c5ccc(N[C@@H](CCC(=O)O)C(=O)O)c4O[C@H]2C(O)CC[C@@]3(O)[C@@H]1C5. The standard InChI is InChI=1S/C26H34N2O7/c1-28(13-14-2-3-14)11-10-25-21-15-4-5-16(27-17(24(32)33)6-7-20(30)31)22(21)35-23(25)18(29)8-9-26(25,34)19(28)12-15/h4-5,14,17-19,23,27,29,34H,2-3,6-13H2,1H3,(H-,30,31,32,33)/p+1/t17-,18?,19-,23-,25-,26+,28+/m0/s1. The van der Waals surface area contributed by atoms with Crippen LogP contribution in [0.5, 0.6) is 5.75 Å². The molecule has 35 heavy (non-hydrogen) atoms. The van der Waals surface area contributed by atoms with Crippen molar-refractivity contribution in [2.45, 2.75) is 86.7 Å². The summed E-state index contributed by atoms with van der Waals surface area (Å²) in [5, 5.41) is 45.3. The second-order valence-electron chi connectivity index (χ2n) is 11.8. The molecule has 6 rings (SSSR count). The average Bonchev–Trinajstić information content (AvgIpc) is 3.52. The zero-order valence-corrected chi connectivity index (χ0v) is 20.1. The van der Waals surface area contributed by atoms with E-state index >= 15 is 0 Å². The summed E-state index contributed by atoms with van der Waals surface area (Å²) in [6.45, 7) is 1.98. The summed E-state index contributed by atoms with van der Waals surface area (Å²) in [6, 6.07) is 2.76. The van der Waals surface area contributed by atoms with Crippen molar-refractivity contribution in [3.8, 4) is 5.75 Å². The number of carboxylic acid groups (broad SMARTS) is 2. The van der Waals surface area contributed by atoms with Crippen LogP contribution >= 0.6 is 0 Å². The molecule has 5 N–H and O–H groups in total. The Bertz CT molecular complexity index is 1090. The molecule has 190 valence electrons. The Hall–Kier alpha value is -2.36. The molecule has 3 aliphatic carbocycles. The third-order valence-corrected chi connectivity index (χ3v) is 9.74. The van der Waals surface area contributed by atoms with E-state index in [1.165, 1.54) is 12.8 Å². The number of nitrogens with one attached hydrogen (secondary N) is 1. The quantitative estimate of drug-likeness (QED) is 0.348. The van der Waals surface area contributed by atoms with Crippen molar-refractivity contribution in [3.05, 3.63) is 23.3 Å². The second-order valence-corrected chi connectivity index (χ2v) is 11.8. The third-order valence-electron chi connectivity index (χ3n) is 9.74. The number of carbonyl (C=O) groups is 2. The van der Waals surface area contributed by atoms with Crippen LogP contribution in [-0.2, 0) is 21.4 Å². The monoisotopic (exact) mass is 487 g/mol. The summed E-state index contributed by atoms with van der Waals surface area (Å²) in [5.74, 6) is -0.940. The number of piperidine rings is 1. The average molecular weight is 488 g/mol. The number of nitrogens with zero attached hydrogens (tertiary/aromatic N) is 1. The maximum Gasteiger partial charge on any atom is 0.326 e. The van der Waals surface area contributed by atoms with Crippen LogP contribution in [0.25, 0.3) is 0 Å². The predicted octanol–water partition coefficient (Wildman–Crippen LogP) is 1.49. The van der Waals surface area contributed by atoms with Crippen LogP contribution in [-0.4, -0.2) is 86.9 Å². The Morgan fingerprint density at radius 1 is 1.23 bits per heavy atom. The summed E-state index contributed by atoms with van der Waals surface area (Å²) < 4.78 is 7.31. The fraction of sp³-hybridized carbons (Fsp3) is 0.692. The minimum atomic E-state index is -1.13. The molecule has 1 spiro atoms. The molecule has 0 radical (unpaired) electrons. The number of benzene rings is 1. The first-order chi connectivity index (χ1) is 16.6. The summed E-state index contributed by atoms with van der Waals surface area (Å²) >= 11 is 0. The van der Waals surface area contributed by atoms with E-state index in [9.17, 15) is 24.9 Å². The van der Waals surface area contributed by atoms with Gasteiger partial charge in [-0.2, -0.15) is 0 Å². The number of likely N-dealkylation sites (tertiary alicyclic amines) is 1. The Morgan fingerprint density at radius 3 is 2.69 bits per heavy atom. The number of aliphatic hydroxyl groups is 2. The van der Waals surface area contributed by atoms with Gasteiger partial charge in [-0.1, -0.05) is 6.07 Å². The molecule has 2 aliphatic heterocycles. The molecule has 1 aromatic carbocycles. The van der Waals surface area contributed by atoms with Crippen molar-refractivity contribution < 1.29 is 39.2 Å². The zero-order valence-electron chi connectivity index (χ0n) is 20.1. The highest BCUT2D eigenvalue weighted by molar-refractivity contribution is 5.80. The van der Waals surface area contributed by atoms with E-state index < -0.39 is 41.2 Å². The van der Waals surface area contributed by atoms with E-state index in [2.05, 4.69) is 12.4 Å². The molecule has 2 bridgehead atoms. The molecule has 0 amide bonds. The van der Waals surface area contributed by atoms with Crippen molar-refractivity contribution in [1.82, 2.24) is 0 Å². The molecule has 1 saturated heterocycles. The molecule has 9 nitrogen and oxygen atoms in total. The smallest absolute Gasteiger partial charge is 0.326 e. The highest BCUT2D eigenvalue weighted by Crippen LogP contribution is 2.66. The van der Waals surface area contributed by atoms with Crippen LogP contribution in [0, 0.1) is 5.92 Å². The summed E-state index contributed by atoms with van der Waals surface area (Å²) in [7, 11) is 2.28. The Kier molecular flexibility index (Phi) is 4.99. The van der Waals surface area contributed by atoms with Crippen molar-refractivity contribution in [2.75, 3.05) is 25.5 Å². The first kappa shape index (κ1) is 23.1. The van der Waals surface area contributed by atoms with Gasteiger partial charge in [0.2, 0.25) is 0 Å². The number of aliphatic carboxylic acids is 2. The van der Waals surface area contributed by atoms with E-state index in [0.717, 1.165) is 41.0 Å². The molecule has 0 aromatic heterocycles. The van der Waals surface area contributed by atoms with Gasteiger partial charge < -0.3 is 35.0 Å². The van der Waals surface area contributed by atoms with Gasteiger partial charge in [-0.05, 0) is 43.7 Å². The minimum absolute atomic E-state index is 0.0232. The lowest BCUT2D eigenvalue weighted by molar-refractivity contribution is -0.950. The summed E-state index contributed by atoms with van der Waals surface area (Å²) in [6.07, 6.45) is 3.29. The second kappa shape index (κ2) is 7.57. The first-order valence-corrected chi connectivity index (χ1v) is 12.9. The molecule has 9 heteroatoms. The molecule has 7 atom stereocenters. The normalized spacial score (nSPS) is 39.3. The number of rotatable bonds is 8. The number of carboxylic acids is 2. The van der Waals surface area contributed by atoms with Crippen molar-refractivity contribution in [1.29, 1.82) is 0 Å². The topological polar surface area (TPSA) is 136 Å². The third kappa shape index (κ3) is 3.17. The van der Waals surface area contributed by atoms with Crippen LogP contribution < -0.4 is 10.1 Å². The summed E-state index contributed by atoms with van der Waals surface area (Å²) in [5.41, 5.74) is 0.778. The lowest BCUT2D eigenvalue weighted by atomic mass is 9.48. The first-order valence-electron chi connectivity index (χ1n) is 12.9. The van der Waals surface area contributed by atoms with Gasteiger partial charge in [0.25, 0.3) is 0 Å². The van der Waals surface area contributed by atoms with Crippen molar-refractivity contribution in [3.63, 3.8) is 0 Å². The van der Waals surface area contributed by atoms with E-state index in [-0.39, 0.29) is 18.9 Å². The van der Waals surface area contributed by atoms with E-state index in [1.54, 1.807) is 0 Å². The van der Waals surface area contributed by atoms with Gasteiger partial charge in [0.1, 0.15) is 29.5 Å². The maximum absolute atomic E-state index is 12.5. The molecule has 1 aromatic rings. The molecular formula is C26H35N2O7+. The van der Waals surface area contributed by atoms with Gasteiger partial charge in [-0.3, -0.25) is 4.79 Å². The minimum Gasteiger partial charge on any atom is -0.484 e. The van der Waals surface area contributed by atoms with Gasteiger partial charge in [0.05, 0.1) is 37.3 Å². The number of ether oxygens (including phenoxy) is 1. The summed E-state index contributed by atoms with van der Waals surface area (Å²) in [4.78, 5) is 22.9. The Morgan fingerprint density at radius 2 is 2.00 bits per heavy atom. The predicted molar refractivity (Wildman–Crippen MR) is 125 cm³/mol. The van der Waals surface area contributed by atoms with E-state index in [0.29, 0.717) is 30.7 Å². The van der Waals surface area contributed by atoms with Crippen molar-refractivity contribution >= 4 is 17.6 Å². The molecule has 2 saturated carbocycles. The highest BCUT2D eigenvalue weighted by Gasteiger charge is 2.76. The molecule has 2 heterocycles. The van der Waals surface area contributed by atoms with Crippen LogP contribution in [0.4, 0.5) is 5.69 Å². The van der Waals surface area contributed by atoms with Crippen LogP contribution in [0.2, 0.25) is 0 Å². The Balaban J connectivity index is 1.44. The number of likely N-dealkylation sites (N-methyl/N-ethyl adjacent to an activating group) is 1. The molecule has 5 aliphatic rings. The van der Waals surface area contributed by atoms with Gasteiger partial charge in [-0.25, -0.2) is 4.79 Å². The van der Waals surface area contributed by atoms with Gasteiger partial charge in [-0.15, -0.1) is 0 Å². The number of aliphatic hydroxyl groups excluding tert-OH is 1. The Labute approximate surface area is 204 Å². The zero-order chi connectivity index (χ0) is 24.8.